The van der Waals surface area contributed by atoms with E-state index in [-0.39, 0.29) is 57.2 Å². The van der Waals surface area contributed by atoms with Crippen molar-refractivity contribution in [3.8, 4) is 0 Å². The molecule has 0 aliphatic carbocycles. The normalized spacial score (nSPS) is 12.3. The number of nitrogens with zero attached hydrogens (tertiary/aromatic N) is 3. The second-order valence-electron chi connectivity index (χ2n) is 7.03. The number of rotatable bonds is 9. The van der Waals surface area contributed by atoms with Gasteiger partial charge in [0.2, 0.25) is 11.6 Å². The van der Waals surface area contributed by atoms with E-state index in [1.807, 2.05) is 42.5 Å². The topological polar surface area (TPSA) is 94.3 Å². The average Bonchev–Trinajstić information content (AvgIpc) is 3.15. The van der Waals surface area contributed by atoms with Gasteiger partial charge < -0.3 is 14.4 Å². The minimum atomic E-state index is -1.73. The van der Waals surface area contributed by atoms with E-state index in [4.69, 9.17) is 4.74 Å². The predicted molar refractivity (Wildman–Crippen MR) is 116 cm³/mol. The Hall–Kier alpha value is -1.92. The number of allylic oxidation sites excluding steroid dienone is 1. The molecular weight excluding hydrogens is 490 g/mol. The molecule has 0 aliphatic rings. The number of aryl methyl sites for hydroxylation is 1. The Labute approximate surface area is 207 Å². The summed E-state index contributed by atoms with van der Waals surface area (Å²) < 4.78 is 18.3. The first-order valence-corrected chi connectivity index (χ1v) is 11.6. The maximum Gasteiger partial charge on any atom is 0.228 e. The Kier molecular flexibility index (Phi) is 9.98. The van der Waals surface area contributed by atoms with E-state index < -0.39 is 13.6 Å². The molecule has 9 heteroatoms. The van der Waals surface area contributed by atoms with Crippen molar-refractivity contribution in [2.24, 2.45) is 7.05 Å². The first kappa shape index (κ1) is 25.3. The minimum absolute atomic E-state index is 0. The van der Waals surface area contributed by atoms with E-state index >= 15 is 0 Å². The smallest absolute Gasteiger partial charge is 0.228 e. The van der Waals surface area contributed by atoms with Gasteiger partial charge in [-0.1, -0.05) is 36.4 Å². The van der Waals surface area contributed by atoms with Gasteiger partial charge in [-0.05, 0) is 41.9 Å². The van der Waals surface area contributed by atoms with Crippen LogP contribution in [0.15, 0.2) is 60.9 Å². The molecule has 1 aromatic heterocycles. The van der Waals surface area contributed by atoms with Gasteiger partial charge in [0.15, 0.2) is 0 Å². The fourth-order valence-corrected chi connectivity index (χ4v) is 3.35. The van der Waals surface area contributed by atoms with Crippen molar-refractivity contribution in [2.75, 3.05) is 13.0 Å². The maximum atomic E-state index is 12.3. The molecule has 1 N–H and O–H groups in total. The van der Waals surface area contributed by atoms with Gasteiger partial charge in [0.05, 0.1) is 20.8 Å². The van der Waals surface area contributed by atoms with Gasteiger partial charge in [0.25, 0.3) is 0 Å². The summed E-state index contributed by atoms with van der Waals surface area (Å²) in [6.45, 7) is 1.91. The van der Waals surface area contributed by atoms with Gasteiger partial charge in [-0.15, -0.1) is 5.10 Å². The summed E-state index contributed by atoms with van der Waals surface area (Å²) in [5.74, 6) is -0.641. The van der Waals surface area contributed by atoms with Crippen LogP contribution in [0, 0.1) is 0 Å². The van der Waals surface area contributed by atoms with E-state index in [2.05, 4.69) is 10.1 Å². The molecule has 3 rings (SSSR count). The Morgan fingerprint density at radius 2 is 1.87 bits per heavy atom. The van der Waals surface area contributed by atoms with E-state index in [1.165, 1.54) is 11.0 Å². The van der Waals surface area contributed by atoms with E-state index in [0.717, 1.165) is 22.8 Å². The van der Waals surface area contributed by atoms with Gasteiger partial charge in [-0.2, -0.15) is 0 Å². The third-order valence-corrected chi connectivity index (χ3v) is 4.87. The third kappa shape index (κ3) is 7.93. The molecule has 1 atom stereocenters. The van der Waals surface area contributed by atoms with Crippen molar-refractivity contribution in [1.29, 1.82) is 0 Å². The van der Waals surface area contributed by atoms with Crippen LogP contribution in [0.5, 0.6) is 0 Å². The molecule has 159 valence electrons. The van der Waals surface area contributed by atoms with Crippen molar-refractivity contribution in [1.82, 2.24) is 14.8 Å². The molecule has 0 bridgehead atoms. The molecule has 0 aliphatic heterocycles. The van der Waals surface area contributed by atoms with Crippen molar-refractivity contribution < 1.29 is 51.9 Å². The monoisotopic (exact) mass is 514 g/mol. The van der Waals surface area contributed by atoms with Crippen LogP contribution < -0.4 is 0 Å². The third-order valence-electron chi connectivity index (χ3n) is 4.26. The molecule has 0 fully saturated rings. The number of carbonyl (C=O) groups excluding carboxylic acids is 1. The van der Waals surface area contributed by atoms with Crippen molar-refractivity contribution in [3.05, 3.63) is 89.0 Å². The van der Waals surface area contributed by atoms with Crippen LogP contribution in [0.1, 0.15) is 32.9 Å². The zero-order valence-electron chi connectivity index (χ0n) is 17.5. The number of ketones is 1. The van der Waals surface area contributed by atoms with Gasteiger partial charge >= 0.3 is 0 Å². The predicted octanol–water partition coefficient (Wildman–Crippen LogP) is 3.85. The van der Waals surface area contributed by atoms with Crippen LogP contribution in [0.3, 0.4) is 0 Å². The van der Waals surface area contributed by atoms with Crippen LogP contribution in [0.4, 0.5) is 0 Å². The fourth-order valence-electron chi connectivity index (χ4n) is 2.96. The number of aliphatic hydroxyl groups is 1. The second kappa shape index (κ2) is 12.2. The zero-order chi connectivity index (χ0) is 21.5. The summed E-state index contributed by atoms with van der Waals surface area (Å²) in [5, 5.41) is 14.5. The van der Waals surface area contributed by atoms with Crippen molar-refractivity contribution in [3.63, 3.8) is 0 Å². The first-order valence-electron chi connectivity index (χ1n) is 9.45. The second-order valence-corrected chi connectivity index (χ2v) is 8.72. The number of aromatic nitrogens is 3. The molecule has 0 spiro atoms. The maximum absolute atomic E-state index is 12.3. The molecule has 0 amide bonds. The summed E-state index contributed by atoms with van der Waals surface area (Å²) in [7, 11) is -0.0616. The SMILES string of the molecule is Cn1cnc(C(=O)/C=C(\O)c2cc(COC[PH](C)=O)cc(Cc3ccccc3)c2)n1.[Y]. The molecule has 7 nitrogen and oxygen atoms in total. The Morgan fingerprint density at radius 3 is 2.52 bits per heavy atom. The molecule has 0 saturated heterocycles. The van der Waals surface area contributed by atoms with Crippen molar-refractivity contribution in [2.45, 2.75) is 13.0 Å². The van der Waals surface area contributed by atoms with Gasteiger partial charge in [0.1, 0.15) is 12.1 Å². The zero-order valence-corrected chi connectivity index (χ0v) is 21.3. The number of benzene rings is 2. The standard InChI is InChI=1S/C22H24N3O4P.Y/c1-25-14-23-22(24-25)21(27)12-20(26)19-10-17(8-16-6-4-3-5-7-16)9-18(11-19)13-29-15-30(2)28;/h3-7,9-12,14,26,30H,8,13,15H2,1-2H3;/b20-12-;. The molecule has 1 unspecified atom stereocenters. The fraction of sp³-hybridized carbons (Fsp3) is 0.227. The van der Waals surface area contributed by atoms with E-state index in [0.29, 0.717) is 12.0 Å². The number of ether oxygens (including phenoxy) is 1. The first-order chi connectivity index (χ1) is 14.4. The Balaban J connectivity index is 0.00000341. The molecule has 0 saturated carbocycles. The largest absolute Gasteiger partial charge is 0.507 e. The van der Waals surface area contributed by atoms with Gasteiger partial charge in [-0.25, -0.2) is 4.98 Å². The average molecular weight is 514 g/mol. The van der Waals surface area contributed by atoms with Crippen LogP contribution >= 0.6 is 7.80 Å². The summed E-state index contributed by atoms with van der Waals surface area (Å²) in [4.78, 5) is 16.2. The molecule has 2 aromatic carbocycles. The molecule has 1 heterocycles. The number of hydrogen-bond donors (Lipinski definition) is 1. The molecule has 1 radical (unpaired) electrons. The van der Waals surface area contributed by atoms with Crippen molar-refractivity contribution >= 4 is 19.3 Å². The molecule has 31 heavy (non-hydrogen) atoms. The van der Waals surface area contributed by atoms with E-state index in [9.17, 15) is 14.5 Å². The number of hydrogen-bond acceptors (Lipinski definition) is 6. The summed E-state index contributed by atoms with van der Waals surface area (Å²) in [5.41, 5.74) is 3.41. The quantitative estimate of drug-likeness (QED) is 0.202. The number of aliphatic hydroxyl groups excluding tert-OH is 1. The Morgan fingerprint density at radius 1 is 1.16 bits per heavy atom. The van der Waals surface area contributed by atoms with Gasteiger partial charge in [0, 0.05) is 51.4 Å². The van der Waals surface area contributed by atoms with Crippen LogP contribution in [-0.2, 0) is 62.1 Å². The van der Waals surface area contributed by atoms with Crippen LogP contribution in [0.2, 0.25) is 0 Å². The van der Waals surface area contributed by atoms with Gasteiger partial charge in [-0.3, -0.25) is 9.48 Å². The van der Waals surface area contributed by atoms with E-state index in [1.54, 1.807) is 19.8 Å². The molecular formula is C22H24N3O4PY. The van der Waals surface area contributed by atoms with Crippen LogP contribution in [-0.4, -0.2) is 38.7 Å². The summed E-state index contributed by atoms with van der Waals surface area (Å²) >= 11 is 0. The minimum Gasteiger partial charge on any atom is -0.507 e. The number of carbonyl (C=O) groups is 1. The summed E-state index contributed by atoms with van der Waals surface area (Å²) in [6, 6.07) is 15.5. The summed E-state index contributed by atoms with van der Waals surface area (Å²) in [6.07, 6.45) is 3.41. The molecule has 3 aromatic rings. The van der Waals surface area contributed by atoms with Crippen LogP contribution in [0.25, 0.3) is 5.76 Å². The Bertz CT molecular complexity index is 1080.